The average molecular weight is 445 g/mol. The van der Waals surface area contributed by atoms with Crippen molar-refractivity contribution >= 4 is 33.2 Å². The number of nitro benzene ring substituents is 1. The van der Waals surface area contributed by atoms with Gasteiger partial charge in [-0.1, -0.05) is 17.7 Å². The molecule has 0 fully saturated rings. The number of hydrogen-bond acceptors (Lipinski definition) is 5. The van der Waals surface area contributed by atoms with Crippen LogP contribution < -0.4 is 10.1 Å². The highest BCUT2D eigenvalue weighted by Gasteiger charge is 2.19. The molecule has 3 aromatic rings. The van der Waals surface area contributed by atoms with Gasteiger partial charge in [-0.2, -0.15) is 5.10 Å². The fraction of sp³-hybridized carbons (Fsp3) is 0.158. The van der Waals surface area contributed by atoms with E-state index in [1.165, 1.54) is 29.1 Å². The lowest BCUT2D eigenvalue weighted by molar-refractivity contribution is -0.384. The lowest BCUT2D eigenvalue weighted by atomic mass is 10.2. The minimum Gasteiger partial charge on any atom is -0.457 e. The quantitative estimate of drug-likeness (QED) is 0.429. The fourth-order valence-corrected chi connectivity index (χ4v) is 3.06. The Kier molecular flexibility index (Phi) is 5.74. The molecule has 1 aromatic heterocycles. The number of amides is 1. The number of nitro groups is 1. The first-order valence-corrected chi connectivity index (χ1v) is 9.23. The van der Waals surface area contributed by atoms with Crippen LogP contribution in [0.3, 0.4) is 0 Å². The zero-order valence-corrected chi connectivity index (χ0v) is 16.8. The van der Waals surface area contributed by atoms with Crippen molar-refractivity contribution in [2.75, 3.05) is 5.32 Å². The molecule has 0 aliphatic carbocycles. The molecule has 3 rings (SSSR count). The van der Waals surface area contributed by atoms with Crippen LogP contribution in [0.1, 0.15) is 23.0 Å². The molecule has 1 amide bonds. The smallest absolute Gasteiger partial charge is 0.275 e. The van der Waals surface area contributed by atoms with Crippen LogP contribution in [0.25, 0.3) is 0 Å². The van der Waals surface area contributed by atoms with E-state index in [-0.39, 0.29) is 17.1 Å². The van der Waals surface area contributed by atoms with E-state index in [1.807, 2.05) is 26.0 Å². The van der Waals surface area contributed by atoms with Gasteiger partial charge in [0.2, 0.25) is 0 Å². The number of hydrogen-bond donors (Lipinski definition) is 1. The van der Waals surface area contributed by atoms with Crippen LogP contribution in [0.5, 0.6) is 11.5 Å². The molecule has 9 heteroatoms. The average Bonchev–Trinajstić information content (AvgIpc) is 3.04. The lowest BCUT2D eigenvalue weighted by Gasteiger charge is -2.10. The molecule has 0 saturated carbocycles. The number of ether oxygens (including phenoxy) is 1. The molecular weight excluding hydrogens is 428 g/mol. The van der Waals surface area contributed by atoms with Crippen molar-refractivity contribution < 1.29 is 14.5 Å². The van der Waals surface area contributed by atoms with E-state index < -0.39 is 10.8 Å². The highest BCUT2D eigenvalue weighted by molar-refractivity contribution is 9.10. The van der Waals surface area contributed by atoms with Crippen molar-refractivity contribution in [2.24, 2.45) is 0 Å². The fourth-order valence-electron chi connectivity index (χ4n) is 2.58. The molecule has 1 N–H and O–H groups in total. The summed E-state index contributed by atoms with van der Waals surface area (Å²) in [6.45, 7) is 4.31. The third-order valence-corrected chi connectivity index (χ3v) is 4.51. The van der Waals surface area contributed by atoms with Crippen molar-refractivity contribution in [3.05, 3.63) is 74.5 Å². The van der Waals surface area contributed by atoms with Crippen molar-refractivity contribution in [1.82, 2.24) is 9.78 Å². The number of carbonyl (C=O) groups is 1. The van der Waals surface area contributed by atoms with Gasteiger partial charge < -0.3 is 10.1 Å². The third-order valence-electron chi connectivity index (χ3n) is 3.93. The number of aromatic nitrogens is 2. The molecule has 0 aliphatic heterocycles. The molecule has 0 bridgehead atoms. The van der Waals surface area contributed by atoms with Crippen LogP contribution in [0, 0.1) is 17.0 Å². The maximum Gasteiger partial charge on any atom is 0.275 e. The summed E-state index contributed by atoms with van der Waals surface area (Å²) in [5.74, 6) is 0.347. The van der Waals surface area contributed by atoms with Gasteiger partial charge in [0.1, 0.15) is 17.2 Å². The number of anilines is 1. The predicted octanol–water partition coefficient (Wildman–Crippen LogP) is 4.93. The van der Waals surface area contributed by atoms with E-state index in [1.54, 1.807) is 12.1 Å². The molecule has 0 aliphatic rings. The van der Waals surface area contributed by atoms with Crippen LogP contribution in [0.2, 0.25) is 0 Å². The molecule has 0 atom stereocenters. The van der Waals surface area contributed by atoms with Crippen LogP contribution >= 0.6 is 15.9 Å². The number of non-ortho nitro benzene ring substituents is 1. The molecule has 8 nitrogen and oxygen atoms in total. The first kappa shape index (κ1) is 19.6. The molecule has 2 aromatic carbocycles. The normalized spacial score (nSPS) is 10.5. The Morgan fingerprint density at radius 1 is 1.25 bits per heavy atom. The van der Waals surface area contributed by atoms with Gasteiger partial charge in [-0.15, -0.1) is 0 Å². The first-order valence-electron chi connectivity index (χ1n) is 8.44. The standard InChI is InChI=1S/C19H17BrN4O4/c1-3-23-18(17(20)11-21-23)19(25)22-13-8-14(24(26)27)10-16(9-13)28-15-6-4-12(2)5-7-15/h4-11H,3H2,1-2H3,(H,22,25). The molecule has 1 heterocycles. The highest BCUT2D eigenvalue weighted by Crippen LogP contribution is 2.30. The molecule has 0 unspecified atom stereocenters. The van der Waals surface area contributed by atoms with Gasteiger partial charge in [0.05, 0.1) is 27.3 Å². The Balaban J connectivity index is 1.90. The topological polar surface area (TPSA) is 99.3 Å². The second kappa shape index (κ2) is 8.22. The number of carbonyl (C=O) groups excluding carboxylic acids is 1. The zero-order valence-electron chi connectivity index (χ0n) is 15.2. The second-order valence-corrected chi connectivity index (χ2v) is 6.85. The van der Waals surface area contributed by atoms with Gasteiger partial charge >= 0.3 is 0 Å². The third kappa shape index (κ3) is 4.37. The summed E-state index contributed by atoms with van der Waals surface area (Å²) in [6, 6.07) is 11.4. The number of rotatable bonds is 6. The molecule has 0 radical (unpaired) electrons. The number of nitrogens with one attached hydrogen (secondary N) is 1. The highest BCUT2D eigenvalue weighted by atomic mass is 79.9. The van der Waals surface area contributed by atoms with Crippen LogP contribution in [0.4, 0.5) is 11.4 Å². The maximum atomic E-state index is 12.7. The lowest BCUT2D eigenvalue weighted by Crippen LogP contribution is -2.18. The van der Waals surface area contributed by atoms with Crippen molar-refractivity contribution in [3.8, 4) is 11.5 Å². The van der Waals surface area contributed by atoms with E-state index in [0.29, 0.717) is 22.5 Å². The van der Waals surface area contributed by atoms with Crippen LogP contribution in [0.15, 0.2) is 53.1 Å². The van der Waals surface area contributed by atoms with Gasteiger partial charge in [0.15, 0.2) is 0 Å². The Labute approximate surface area is 169 Å². The number of aryl methyl sites for hydroxylation is 2. The maximum absolute atomic E-state index is 12.7. The molecule has 28 heavy (non-hydrogen) atoms. The van der Waals surface area contributed by atoms with Gasteiger partial charge in [0.25, 0.3) is 11.6 Å². The molecule has 0 saturated heterocycles. The second-order valence-electron chi connectivity index (χ2n) is 6.00. The van der Waals surface area contributed by atoms with Crippen LogP contribution in [-0.2, 0) is 6.54 Å². The molecule has 0 spiro atoms. The van der Waals surface area contributed by atoms with E-state index in [9.17, 15) is 14.9 Å². The zero-order chi connectivity index (χ0) is 20.3. The summed E-state index contributed by atoms with van der Waals surface area (Å²) in [6.07, 6.45) is 1.53. The molecule has 144 valence electrons. The SMILES string of the molecule is CCn1ncc(Br)c1C(=O)Nc1cc(Oc2ccc(C)cc2)cc([N+](=O)[O-])c1. The minimum atomic E-state index is -0.538. The van der Waals surface area contributed by atoms with E-state index in [4.69, 9.17) is 4.74 Å². The van der Waals surface area contributed by atoms with E-state index in [0.717, 1.165) is 5.56 Å². The summed E-state index contributed by atoms with van der Waals surface area (Å²) >= 11 is 3.30. The van der Waals surface area contributed by atoms with Gasteiger partial charge in [-0.05, 0) is 41.9 Å². The van der Waals surface area contributed by atoms with Crippen LogP contribution in [-0.4, -0.2) is 20.6 Å². The van der Waals surface area contributed by atoms with Gasteiger partial charge in [-0.25, -0.2) is 0 Å². The molecular formula is C19H17BrN4O4. The van der Waals surface area contributed by atoms with Gasteiger partial charge in [0, 0.05) is 18.7 Å². The summed E-state index contributed by atoms with van der Waals surface area (Å²) in [5.41, 5.74) is 1.45. The number of halogens is 1. The van der Waals surface area contributed by atoms with Crippen molar-refractivity contribution in [2.45, 2.75) is 20.4 Å². The van der Waals surface area contributed by atoms with Crippen molar-refractivity contribution in [1.29, 1.82) is 0 Å². The summed E-state index contributed by atoms with van der Waals surface area (Å²) in [7, 11) is 0. The predicted molar refractivity (Wildman–Crippen MR) is 108 cm³/mol. The van der Waals surface area contributed by atoms with Gasteiger partial charge in [-0.3, -0.25) is 19.6 Å². The Morgan fingerprint density at radius 2 is 1.96 bits per heavy atom. The largest absolute Gasteiger partial charge is 0.457 e. The summed E-state index contributed by atoms with van der Waals surface area (Å²) in [5, 5.41) is 18.1. The Bertz CT molecular complexity index is 1030. The van der Waals surface area contributed by atoms with E-state index in [2.05, 4.69) is 26.3 Å². The minimum absolute atomic E-state index is 0.192. The first-order chi connectivity index (χ1) is 13.4. The van der Waals surface area contributed by atoms with Crippen molar-refractivity contribution in [3.63, 3.8) is 0 Å². The number of benzene rings is 2. The Hall–Kier alpha value is -3.20. The number of nitrogens with zero attached hydrogens (tertiary/aromatic N) is 3. The summed E-state index contributed by atoms with van der Waals surface area (Å²) in [4.78, 5) is 23.4. The summed E-state index contributed by atoms with van der Waals surface area (Å²) < 4.78 is 7.79. The Morgan fingerprint density at radius 3 is 2.61 bits per heavy atom. The monoisotopic (exact) mass is 444 g/mol. The van der Waals surface area contributed by atoms with E-state index >= 15 is 0 Å².